The van der Waals surface area contributed by atoms with Gasteiger partial charge in [0, 0.05) is 25.2 Å². The predicted molar refractivity (Wildman–Crippen MR) is 97.6 cm³/mol. The molecule has 0 unspecified atom stereocenters. The van der Waals surface area contributed by atoms with E-state index in [-0.39, 0.29) is 6.03 Å². The number of carbonyl (C=O) groups is 1. The zero-order valence-corrected chi connectivity index (χ0v) is 15.3. The standard InChI is InChI=1S/C16H21N5OS2/c1-11-5-2-3-7-21(11)12-9-20(10-12)16(22)17-15-19-18-14(24-15)13-6-4-8-23-13/h4,6,8,11-12H,2-3,5,7,9-10H2,1H3,(H,17,19,22)/t11-/m1/s1. The summed E-state index contributed by atoms with van der Waals surface area (Å²) in [7, 11) is 0. The first-order chi connectivity index (χ1) is 11.7. The van der Waals surface area contributed by atoms with Crippen LogP contribution in [0.1, 0.15) is 26.2 Å². The van der Waals surface area contributed by atoms with Crippen LogP contribution in [-0.4, -0.2) is 57.7 Å². The van der Waals surface area contributed by atoms with E-state index in [1.165, 1.54) is 37.1 Å². The van der Waals surface area contributed by atoms with Gasteiger partial charge in [0.1, 0.15) is 0 Å². The molecule has 128 valence electrons. The molecule has 0 saturated carbocycles. The van der Waals surface area contributed by atoms with Gasteiger partial charge in [-0.3, -0.25) is 10.2 Å². The molecule has 2 amide bonds. The van der Waals surface area contributed by atoms with Gasteiger partial charge >= 0.3 is 6.03 Å². The highest BCUT2D eigenvalue weighted by Crippen LogP contribution is 2.30. The highest BCUT2D eigenvalue weighted by atomic mass is 32.1. The van der Waals surface area contributed by atoms with E-state index in [0.29, 0.717) is 17.2 Å². The molecule has 2 aliphatic rings. The number of carbonyl (C=O) groups excluding carboxylic acids is 1. The summed E-state index contributed by atoms with van der Waals surface area (Å²) in [6, 6.07) is 5.09. The number of piperidine rings is 1. The van der Waals surface area contributed by atoms with Crippen LogP contribution < -0.4 is 5.32 Å². The zero-order chi connectivity index (χ0) is 16.5. The maximum atomic E-state index is 12.3. The number of aromatic nitrogens is 2. The lowest BCUT2D eigenvalue weighted by atomic mass is 9.98. The summed E-state index contributed by atoms with van der Waals surface area (Å²) in [4.78, 5) is 17.8. The van der Waals surface area contributed by atoms with Gasteiger partial charge in [0.2, 0.25) is 5.13 Å². The fourth-order valence-corrected chi connectivity index (χ4v) is 4.96. The fourth-order valence-electron chi connectivity index (χ4n) is 3.44. The quantitative estimate of drug-likeness (QED) is 0.908. The molecule has 1 atom stereocenters. The summed E-state index contributed by atoms with van der Waals surface area (Å²) >= 11 is 3.05. The average Bonchev–Trinajstić information content (AvgIpc) is 3.18. The highest BCUT2D eigenvalue weighted by molar-refractivity contribution is 7.23. The molecule has 0 aliphatic carbocycles. The van der Waals surface area contributed by atoms with E-state index in [1.807, 2.05) is 22.4 Å². The number of nitrogens with zero attached hydrogens (tertiary/aromatic N) is 4. The number of nitrogens with one attached hydrogen (secondary N) is 1. The van der Waals surface area contributed by atoms with Gasteiger partial charge < -0.3 is 4.90 Å². The van der Waals surface area contributed by atoms with Crippen LogP contribution in [-0.2, 0) is 0 Å². The van der Waals surface area contributed by atoms with Gasteiger partial charge in [0.05, 0.1) is 4.88 Å². The first-order valence-corrected chi connectivity index (χ1v) is 10.1. The van der Waals surface area contributed by atoms with Crippen molar-refractivity contribution >= 4 is 33.8 Å². The Labute approximate surface area is 149 Å². The second-order valence-electron chi connectivity index (χ2n) is 6.46. The average molecular weight is 364 g/mol. The van der Waals surface area contributed by atoms with Crippen molar-refractivity contribution in [1.82, 2.24) is 20.0 Å². The molecule has 0 radical (unpaired) electrons. The van der Waals surface area contributed by atoms with Gasteiger partial charge in [0.25, 0.3) is 0 Å². The molecule has 24 heavy (non-hydrogen) atoms. The van der Waals surface area contributed by atoms with Gasteiger partial charge in [0.15, 0.2) is 5.01 Å². The number of hydrogen-bond acceptors (Lipinski definition) is 6. The summed E-state index contributed by atoms with van der Waals surface area (Å²) < 4.78 is 0. The molecular formula is C16H21N5OS2. The molecule has 2 aliphatic heterocycles. The lowest BCUT2D eigenvalue weighted by molar-refractivity contribution is 0.0199. The van der Waals surface area contributed by atoms with Crippen LogP contribution in [0.15, 0.2) is 17.5 Å². The minimum absolute atomic E-state index is 0.0650. The van der Waals surface area contributed by atoms with E-state index < -0.39 is 0 Å². The molecule has 2 aromatic heterocycles. The molecule has 0 aromatic carbocycles. The third-order valence-electron chi connectivity index (χ3n) is 4.84. The van der Waals surface area contributed by atoms with Gasteiger partial charge in [-0.25, -0.2) is 4.79 Å². The van der Waals surface area contributed by atoms with Crippen LogP contribution in [0.5, 0.6) is 0 Å². The van der Waals surface area contributed by atoms with E-state index in [2.05, 4.69) is 27.3 Å². The zero-order valence-electron chi connectivity index (χ0n) is 13.6. The largest absolute Gasteiger partial charge is 0.323 e. The second kappa shape index (κ2) is 6.78. The maximum absolute atomic E-state index is 12.3. The normalized spacial score (nSPS) is 22.4. The first-order valence-electron chi connectivity index (χ1n) is 8.40. The third-order valence-corrected chi connectivity index (χ3v) is 6.72. The van der Waals surface area contributed by atoms with Crippen molar-refractivity contribution < 1.29 is 4.79 Å². The topological polar surface area (TPSA) is 61.4 Å². The SMILES string of the molecule is C[C@@H]1CCCCN1C1CN(C(=O)Nc2nnc(-c3cccs3)s2)C1. The molecule has 8 heteroatoms. The van der Waals surface area contributed by atoms with Crippen LogP contribution in [0.2, 0.25) is 0 Å². The summed E-state index contributed by atoms with van der Waals surface area (Å²) in [5, 5.41) is 14.5. The van der Waals surface area contributed by atoms with E-state index >= 15 is 0 Å². The first kappa shape index (κ1) is 16.0. The smallest absolute Gasteiger partial charge is 0.321 e. The molecule has 0 bridgehead atoms. The molecule has 0 spiro atoms. The number of rotatable bonds is 3. The number of thiophene rings is 1. The van der Waals surface area contributed by atoms with E-state index in [4.69, 9.17) is 0 Å². The van der Waals surface area contributed by atoms with Crippen LogP contribution in [0.4, 0.5) is 9.93 Å². The Morgan fingerprint density at radius 1 is 1.33 bits per heavy atom. The molecule has 1 N–H and O–H groups in total. The van der Waals surface area contributed by atoms with Crippen molar-refractivity contribution in [2.75, 3.05) is 25.0 Å². The molecular weight excluding hydrogens is 342 g/mol. The van der Waals surface area contributed by atoms with Gasteiger partial charge in [-0.1, -0.05) is 23.8 Å². The van der Waals surface area contributed by atoms with Crippen LogP contribution in [0, 0.1) is 0 Å². The van der Waals surface area contributed by atoms with E-state index in [1.54, 1.807) is 11.3 Å². The minimum Gasteiger partial charge on any atom is -0.321 e. The molecule has 6 nitrogen and oxygen atoms in total. The molecule has 2 aromatic rings. The Bertz CT molecular complexity index is 695. The number of likely N-dealkylation sites (tertiary alicyclic amines) is 2. The Kier molecular flexibility index (Phi) is 4.51. The Morgan fingerprint density at radius 2 is 2.21 bits per heavy atom. The number of amides is 2. The molecule has 2 fully saturated rings. The summed E-state index contributed by atoms with van der Waals surface area (Å²) in [6.45, 7) is 5.09. The monoisotopic (exact) mass is 363 g/mol. The lowest BCUT2D eigenvalue weighted by Crippen LogP contribution is -2.64. The lowest BCUT2D eigenvalue weighted by Gasteiger charge is -2.48. The van der Waals surface area contributed by atoms with Crippen molar-refractivity contribution in [3.63, 3.8) is 0 Å². The predicted octanol–water partition coefficient (Wildman–Crippen LogP) is 3.36. The van der Waals surface area contributed by atoms with Crippen LogP contribution in [0.25, 0.3) is 9.88 Å². The maximum Gasteiger partial charge on any atom is 0.323 e. The van der Waals surface area contributed by atoms with Gasteiger partial charge in [-0.05, 0) is 37.8 Å². The number of urea groups is 1. The third kappa shape index (κ3) is 3.18. The van der Waals surface area contributed by atoms with Crippen molar-refractivity contribution in [2.45, 2.75) is 38.3 Å². The summed E-state index contributed by atoms with van der Waals surface area (Å²) in [6.07, 6.45) is 3.89. The van der Waals surface area contributed by atoms with Gasteiger partial charge in [-0.15, -0.1) is 21.5 Å². The van der Waals surface area contributed by atoms with Crippen molar-refractivity contribution in [3.05, 3.63) is 17.5 Å². The van der Waals surface area contributed by atoms with Crippen molar-refractivity contribution in [1.29, 1.82) is 0 Å². The van der Waals surface area contributed by atoms with E-state index in [9.17, 15) is 4.79 Å². The summed E-state index contributed by atoms with van der Waals surface area (Å²) in [5.41, 5.74) is 0. The van der Waals surface area contributed by atoms with Crippen molar-refractivity contribution in [2.24, 2.45) is 0 Å². The number of anilines is 1. The van der Waals surface area contributed by atoms with Crippen LogP contribution in [0.3, 0.4) is 0 Å². The Balaban J connectivity index is 1.30. The molecule has 4 rings (SSSR count). The number of hydrogen-bond donors (Lipinski definition) is 1. The second-order valence-corrected chi connectivity index (χ2v) is 8.39. The highest BCUT2D eigenvalue weighted by Gasteiger charge is 2.37. The minimum atomic E-state index is -0.0650. The van der Waals surface area contributed by atoms with Crippen LogP contribution >= 0.6 is 22.7 Å². The van der Waals surface area contributed by atoms with Gasteiger partial charge in [-0.2, -0.15) is 0 Å². The Morgan fingerprint density at radius 3 is 2.96 bits per heavy atom. The van der Waals surface area contributed by atoms with Crippen molar-refractivity contribution in [3.8, 4) is 9.88 Å². The summed E-state index contributed by atoms with van der Waals surface area (Å²) in [5.74, 6) is 0. The van der Waals surface area contributed by atoms with E-state index in [0.717, 1.165) is 23.0 Å². The fraction of sp³-hybridized carbons (Fsp3) is 0.562. The Hall–Kier alpha value is -1.51. The molecule has 4 heterocycles. The molecule has 2 saturated heterocycles.